The summed E-state index contributed by atoms with van der Waals surface area (Å²) in [6.45, 7) is -1.44. The maximum atomic E-state index is 12.8. The molecule has 0 radical (unpaired) electrons. The predicted octanol–water partition coefficient (Wildman–Crippen LogP) is 2.42. The van der Waals surface area contributed by atoms with Crippen LogP contribution in [-0.2, 0) is 13.0 Å². The first-order valence-corrected chi connectivity index (χ1v) is 6.09. The summed E-state index contributed by atoms with van der Waals surface area (Å²) >= 11 is 0. The van der Waals surface area contributed by atoms with Gasteiger partial charge in [0.25, 0.3) is 0 Å². The Kier molecular flexibility index (Phi) is 2.85. The number of hydrogen-bond acceptors (Lipinski definition) is 3. The Bertz CT molecular complexity index is 594. The van der Waals surface area contributed by atoms with E-state index >= 15 is 0 Å². The monoisotopic (exact) mass is 264 g/mol. The Morgan fingerprint density at radius 2 is 2.21 bits per heavy atom. The van der Waals surface area contributed by atoms with Crippen molar-refractivity contribution in [3.63, 3.8) is 0 Å². The molecule has 19 heavy (non-hydrogen) atoms. The van der Waals surface area contributed by atoms with E-state index in [1.54, 1.807) is 0 Å². The maximum absolute atomic E-state index is 12.8. The Hall–Kier alpha value is -2.11. The van der Waals surface area contributed by atoms with E-state index in [-0.39, 0.29) is 0 Å². The summed E-state index contributed by atoms with van der Waals surface area (Å²) < 4.78 is 26.5. The molecule has 0 atom stereocenters. The van der Waals surface area contributed by atoms with E-state index in [1.807, 2.05) is 23.1 Å². The molecule has 0 bridgehead atoms. The zero-order chi connectivity index (χ0) is 13.4. The first kappa shape index (κ1) is 12.0. The minimum absolute atomic E-state index is 0.346. The van der Waals surface area contributed by atoms with E-state index < -0.39 is 6.55 Å². The standard InChI is InChI=1S/C13H14F2N4/c14-13(15)19-7-5-17-11(19)8-18-6-4-9-2-1-3-10(16)12(9)18/h1-3,5,7,13H,4,6,8,16H2. The minimum Gasteiger partial charge on any atom is -0.397 e. The van der Waals surface area contributed by atoms with Crippen LogP contribution in [0.15, 0.2) is 30.6 Å². The summed E-state index contributed by atoms with van der Waals surface area (Å²) in [5.41, 5.74) is 8.77. The lowest BCUT2D eigenvalue weighted by atomic mass is 10.1. The van der Waals surface area contributed by atoms with E-state index in [0.717, 1.165) is 28.8 Å². The van der Waals surface area contributed by atoms with E-state index in [4.69, 9.17) is 5.73 Å². The normalized spacial score (nSPS) is 14.2. The number of rotatable bonds is 3. The quantitative estimate of drug-likeness (QED) is 0.866. The molecule has 1 aliphatic rings. The summed E-state index contributed by atoms with van der Waals surface area (Å²) in [6, 6.07) is 5.76. The molecule has 0 amide bonds. The van der Waals surface area contributed by atoms with Crippen molar-refractivity contribution < 1.29 is 8.78 Å². The molecule has 6 heteroatoms. The summed E-state index contributed by atoms with van der Waals surface area (Å²) in [7, 11) is 0. The van der Waals surface area contributed by atoms with Gasteiger partial charge >= 0.3 is 6.55 Å². The lowest BCUT2D eigenvalue weighted by Crippen LogP contribution is -2.23. The number of fused-ring (bicyclic) bond motifs is 1. The summed E-state index contributed by atoms with van der Waals surface area (Å²) in [6.07, 6.45) is 3.58. The van der Waals surface area contributed by atoms with Gasteiger partial charge in [-0.15, -0.1) is 0 Å². The van der Waals surface area contributed by atoms with E-state index in [1.165, 1.54) is 12.4 Å². The van der Waals surface area contributed by atoms with E-state index in [2.05, 4.69) is 4.98 Å². The number of nitrogens with zero attached hydrogens (tertiary/aromatic N) is 3. The van der Waals surface area contributed by atoms with Crippen molar-refractivity contribution in [1.29, 1.82) is 0 Å². The topological polar surface area (TPSA) is 47.1 Å². The van der Waals surface area contributed by atoms with Crippen LogP contribution in [0, 0.1) is 0 Å². The summed E-state index contributed by atoms with van der Waals surface area (Å²) in [5.74, 6) is 0.353. The molecule has 100 valence electrons. The van der Waals surface area contributed by atoms with Gasteiger partial charge in [-0.2, -0.15) is 8.78 Å². The highest BCUT2D eigenvalue weighted by Gasteiger charge is 2.23. The second kappa shape index (κ2) is 4.53. The first-order chi connectivity index (χ1) is 9.16. The number of halogens is 2. The van der Waals surface area contributed by atoms with Gasteiger partial charge in [-0.3, -0.25) is 4.57 Å². The largest absolute Gasteiger partial charge is 0.397 e. The number of alkyl halides is 2. The average Bonchev–Trinajstić information content (AvgIpc) is 2.98. The van der Waals surface area contributed by atoms with Crippen molar-refractivity contribution in [2.24, 2.45) is 0 Å². The van der Waals surface area contributed by atoms with Crippen LogP contribution < -0.4 is 10.6 Å². The molecule has 2 N–H and O–H groups in total. The zero-order valence-corrected chi connectivity index (χ0v) is 10.3. The summed E-state index contributed by atoms with van der Waals surface area (Å²) in [5, 5.41) is 0. The number of imidazole rings is 1. The molecule has 0 saturated carbocycles. The fourth-order valence-corrected chi connectivity index (χ4v) is 2.54. The summed E-state index contributed by atoms with van der Waals surface area (Å²) in [4.78, 5) is 6.01. The van der Waals surface area contributed by atoms with Gasteiger partial charge in [0.05, 0.1) is 17.9 Å². The van der Waals surface area contributed by atoms with Crippen LogP contribution in [0.1, 0.15) is 17.9 Å². The number of aromatic nitrogens is 2. The van der Waals surface area contributed by atoms with Gasteiger partial charge in [0.1, 0.15) is 5.82 Å². The molecule has 2 aromatic rings. The maximum Gasteiger partial charge on any atom is 0.319 e. The first-order valence-electron chi connectivity index (χ1n) is 6.09. The van der Waals surface area contributed by atoms with Crippen LogP contribution in [0.5, 0.6) is 0 Å². The molecule has 0 saturated heterocycles. The van der Waals surface area contributed by atoms with E-state index in [0.29, 0.717) is 18.1 Å². The highest BCUT2D eigenvalue weighted by Crippen LogP contribution is 2.34. The molecule has 2 heterocycles. The molecular weight excluding hydrogens is 250 g/mol. The molecule has 4 nitrogen and oxygen atoms in total. The number of hydrogen-bond donors (Lipinski definition) is 1. The molecule has 1 aromatic carbocycles. The van der Waals surface area contributed by atoms with Gasteiger partial charge in [0, 0.05) is 18.9 Å². The smallest absolute Gasteiger partial charge is 0.319 e. The molecule has 0 fully saturated rings. The van der Waals surface area contributed by atoms with Crippen molar-refractivity contribution >= 4 is 11.4 Å². The third-order valence-corrected chi connectivity index (χ3v) is 3.41. The number of benzene rings is 1. The second-order valence-electron chi connectivity index (χ2n) is 4.55. The molecule has 3 rings (SSSR count). The van der Waals surface area contributed by atoms with Crippen molar-refractivity contribution in [2.75, 3.05) is 17.2 Å². The molecule has 0 unspecified atom stereocenters. The molecular formula is C13H14F2N4. The van der Waals surface area contributed by atoms with Gasteiger partial charge in [-0.25, -0.2) is 4.98 Å². The van der Waals surface area contributed by atoms with Crippen LogP contribution >= 0.6 is 0 Å². The third-order valence-electron chi connectivity index (χ3n) is 3.41. The zero-order valence-electron chi connectivity index (χ0n) is 10.3. The Morgan fingerprint density at radius 1 is 1.37 bits per heavy atom. The van der Waals surface area contributed by atoms with Crippen molar-refractivity contribution in [1.82, 2.24) is 9.55 Å². The minimum atomic E-state index is -2.56. The van der Waals surface area contributed by atoms with Gasteiger partial charge < -0.3 is 10.6 Å². The van der Waals surface area contributed by atoms with Gasteiger partial charge in [-0.05, 0) is 18.1 Å². The van der Waals surface area contributed by atoms with Crippen LogP contribution in [0.3, 0.4) is 0 Å². The third kappa shape index (κ3) is 2.03. The van der Waals surface area contributed by atoms with E-state index in [9.17, 15) is 8.78 Å². The highest BCUT2D eigenvalue weighted by atomic mass is 19.3. The SMILES string of the molecule is Nc1cccc2c1N(Cc1nccn1C(F)F)CC2. The fraction of sp³-hybridized carbons (Fsp3) is 0.308. The Balaban J connectivity index is 1.89. The average molecular weight is 264 g/mol. The Morgan fingerprint density at radius 3 is 3.00 bits per heavy atom. The highest BCUT2D eigenvalue weighted by molar-refractivity contribution is 5.74. The van der Waals surface area contributed by atoms with Gasteiger partial charge in [0.15, 0.2) is 0 Å². The number of nitrogen functional groups attached to an aromatic ring is 1. The number of nitrogens with two attached hydrogens (primary N) is 1. The predicted molar refractivity (Wildman–Crippen MR) is 69.1 cm³/mol. The van der Waals surface area contributed by atoms with Crippen molar-refractivity contribution in [3.8, 4) is 0 Å². The second-order valence-corrected chi connectivity index (χ2v) is 4.55. The lowest BCUT2D eigenvalue weighted by Gasteiger charge is -2.21. The molecule has 0 spiro atoms. The molecule has 0 aliphatic carbocycles. The van der Waals surface area contributed by atoms with Crippen LogP contribution in [0.4, 0.5) is 20.2 Å². The number of para-hydroxylation sites is 1. The van der Waals surface area contributed by atoms with Crippen molar-refractivity contribution in [2.45, 2.75) is 19.5 Å². The van der Waals surface area contributed by atoms with Crippen molar-refractivity contribution in [3.05, 3.63) is 42.0 Å². The number of anilines is 2. The Labute approximate surface area is 109 Å². The van der Waals surface area contributed by atoms with Crippen LogP contribution in [0.2, 0.25) is 0 Å². The van der Waals surface area contributed by atoms with Gasteiger partial charge in [-0.1, -0.05) is 12.1 Å². The van der Waals surface area contributed by atoms with Crippen LogP contribution in [-0.4, -0.2) is 16.1 Å². The molecule has 1 aromatic heterocycles. The molecule has 1 aliphatic heterocycles. The van der Waals surface area contributed by atoms with Crippen LogP contribution in [0.25, 0.3) is 0 Å². The lowest BCUT2D eigenvalue weighted by molar-refractivity contribution is 0.0670. The fourth-order valence-electron chi connectivity index (χ4n) is 2.54. The van der Waals surface area contributed by atoms with Gasteiger partial charge in [0.2, 0.25) is 0 Å².